The van der Waals surface area contributed by atoms with Crippen molar-refractivity contribution in [2.24, 2.45) is 0 Å². The molecule has 0 unspecified atom stereocenters. The Labute approximate surface area is 173 Å². The Bertz CT molecular complexity index is 934. The Morgan fingerprint density at radius 2 is 1.79 bits per heavy atom. The van der Waals surface area contributed by atoms with Crippen molar-refractivity contribution in [1.82, 2.24) is 10.3 Å². The average Bonchev–Trinajstić information content (AvgIpc) is 2.75. The molecule has 0 aliphatic rings. The summed E-state index contributed by atoms with van der Waals surface area (Å²) >= 11 is 1.62. The highest BCUT2D eigenvalue weighted by atomic mass is 32.2. The fourth-order valence-corrected chi connectivity index (χ4v) is 3.31. The van der Waals surface area contributed by atoms with Crippen molar-refractivity contribution in [3.8, 4) is 17.4 Å². The molecule has 0 saturated heterocycles. The van der Waals surface area contributed by atoms with Crippen LogP contribution in [0, 0.1) is 5.82 Å². The average molecular weight is 412 g/mol. The van der Waals surface area contributed by atoms with Crippen LogP contribution in [0.1, 0.15) is 12.0 Å². The third-order valence-electron chi connectivity index (χ3n) is 3.98. The van der Waals surface area contributed by atoms with E-state index in [1.807, 2.05) is 30.3 Å². The monoisotopic (exact) mass is 412 g/mol. The number of nitrogens with zero attached hydrogens (tertiary/aromatic N) is 1. The van der Waals surface area contributed by atoms with Gasteiger partial charge in [-0.25, -0.2) is 9.37 Å². The maximum atomic E-state index is 13.0. The second-order valence-electron chi connectivity index (χ2n) is 6.11. The molecule has 2 aromatic carbocycles. The number of amides is 1. The third kappa shape index (κ3) is 6.80. The van der Waals surface area contributed by atoms with Gasteiger partial charge in [-0.1, -0.05) is 0 Å². The van der Waals surface area contributed by atoms with Crippen LogP contribution in [0.25, 0.3) is 0 Å². The van der Waals surface area contributed by atoms with Gasteiger partial charge in [0, 0.05) is 35.9 Å². The predicted molar refractivity (Wildman–Crippen MR) is 111 cm³/mol. The first-order valence-electron chi connectivity index (χ1n) is 9.04. The summed E-state index contributed by atoms with van der Waals surface area (Å²) in [5.74, 6) is 2.03. The Morgan fingerprint density at radius 3 is 2.52 bits per heavy atom. The van der Waals surface area contributed by atoms with Crippen LogP contribution in [-0.4, -0.2) is 23.8 Å². The summed E-state index contributed by atoms with van der Waals surface area (Å²) < 4.78 is 23.7. The van der Waals surface area contributed by atoms with Crippen molar-refractivity contribution in [1.29, 1.82) is 0 Å². The van der Waals surface area contributed by atoms with Gasteiger partial charge >= 0.3 is 0 Å². The molecule has 0 aliphatic carbocycles. The van der Waals surface area contributed by atoms with Crippen LogP contribution in [0.4, 0.5) is 4.39 Å². The smallest absolute Gasteiger partial charge is 0.221 e. The lowest BCUT2D eigenvalue weighted by Crippen LogP contribution is -2.23. The normalized spacial score (nSPS) is 10.4. The molecule has 3 aromatic rings. The van der Waals surface area contributed by atoms with E-state index in [4.69, 9.17) is 9.47 Å². The molecular formula is C22H21FN2O3S. The van der Waals surface area contributed by atoms with Gasteiger partial charge in [0.05, 0.1) is 7.11 Å². The minimum Gasteiger partial charge on any atom is -0.497 e. The number of carbonyl (C=O) groups is 1. The zero-order valence-electron chi connectivity index (χ0n) is 15.9. The van der Waals surface area contributed by atoms with Crippen LogP contribution in [0.2, 0.25) is 0 Å². The second-order valence-corrected chi connectivity index (χ2v) is 7.28. The number of hydrogen-bond acceptors (Lipinski definition) is 5. The molecule has 7 heteroatoms. The lowest BCUT2D eigenvalue weighted by atomic mass is 10.2. The van der Waals surface area contributed by atoms with E-state index < -0.39 is 0 Å². The Kier molecular flexibility index (Phi) is 7.47. The molecule has 1 aromatic heterocycles. The molecule has 0 fully saturated rings. The molecule has 0 saturated carbocycles. The highest BCUT2D eigenvalue weighted by molar-refractivity contribution is 7.99. The largest absolute Gasteiger partial charge is 0.497 e. The number of benzene rings is 2. The van der Waals surface area contributed by atoms with Crippen molar-refractivity contribution in [3.05, 3.63) is 78.2 Å². The highest BCUT2D eigenvalue weighted by Gasteiger charge is 2.05. The zero-order valence-corrected chi connectivity index (χ0v) is 16.7. The third-order valence-corrected chi connectivity index (χ3v) is 5.00. The molecule has 1 amide bonds. The maximum absolute atomic E-state index is 13.0. The van der Waals surface area contributed by atoms with Gasteiger partial charge < -0.3 is 14.8 Å². The SMILES string of the molecule is COc1ccc(SCCC(=O)NCc2ccnc(Oc3ccc(F)cc3)c2)cc1. The quantitative estimate of drug-likeness (QED) is 0.511. The van der Waals surface area contributed by atoms with Gasteiger partial charge in [-0.15, -0.1) is 11.8 Å². The van der Waals surface area contributed by atoms with Crippen molar-refractivity contribution in [2.45, 2.75) is 17.9 Å². The van der Waals surface area contributed by atoms with E-state index in [2.05, 4.69) is 10.3 Å². The van der Waals surface area contributed by atoms with E-state index in [0.29, 0.717) is 30.3 Å². The maximum Gasteiger partial charge on any atom is 0.221 e. The van der Waals surface area contributed by atoms with E-state index in [-0.39, 0.29) is 11.7 Å². The highest BCUT2D eigenvalue weighted by Crippen LogP contribution is 2.22. The molecule has 0 bridgehead atoms. The number of rotatable bonds is 9. The molecule has 0 radical (unpaired) electrons. The molecule has 0 spiro atoms. The summed E-state index contributed by atoms with van der Waals surface area (Å²) in [5.41, 5.74) is 0.869. The van der Waals surface area contributed by atoms with Crippen LogP contribution < -0.4 is 14.8 Å². The van der Waals surface area contributed by atoms with Gasteiger partial charge in [0.1, 0.15) is 17.3 Å². The zero-order chi connectivity index (χ0) is 20.5. The van der Waals surface area contributed by atoms with Crippen LogP contribution in [-0.2, 0) is 11.3 Å². The summed E-state index contributed by atoms with van der Waals surface area (Å²) in [6, 6.07) is 17.0. The number of aromatic nitrogens is 1. The van der Waals surface area contributed by atoms with E-state index in [9.17, 15) is 9.18 Å². The van der Waals surface area contributed by atoms with E-state index in [0.717, 1.165) is 16.2 Å². The number of halogens is 1. The van der Waals surface area contributed by atoms with Gasteiger partial charge in [-0.3, -0.25) is 4.79 Å². The fraction of sp³-hybridized carbons (Fsp3) is 0.182. The molecule has 29 heavy (non-hydrogen) atoms. The predicted octanol–water partition coefficient (Wildman–Crippen LogP) is 4.82. The number of methoxy groups -OCH3 is 1. The topological polar surface area (TPSA) is 60.5 Å². The van der Waals surface area contributed by atoms with Gasteiger partial charge in [0.2, 0.25) is 11.8 Å². The summed E-state index contributed by atoms with van der Waals surface area (Å²) in [6.45, 7) is 0.383. The number of carbonyl (C=O) groups excluding carboxylic acids is 1. The minimum absolute atomic E-state index is 0.0242. The lowest BCUT2D eigenvalue weighted by molar-refractivity contribution is -0.120. The van der Waals surface area contributed by atoms with Gasteiger partial charge in [-0.05, 0) is 60.2 Å². The van der Waals surface area contributed by atoms with E-state index in [1.165, 1.54) is 24.3 Å². The molecule has 0 aliphatic heterocycles. The van der Waals surface area contributed by atoms with E-state index in [1.54, 1.807) is 31.1 Å². The number of thioether (sulfide) groups is 1. The molecular weight excluding hydrogens is 391 g/mol. The van der Waals surface area contributed by atoms with Crippen molar-refractivity contribution in [2.75, 3.05) is 12.9 Å². The first kappa shape index (κ1) is 20.7. The summed E-state index contributed by atoms with van der Waals surface area (Å²) in [7, 11) is 1.63. The van der Waals surface area contributed by atoms with Crippen molar-refractivity contribution < 1.29 is 18.7 Å². The molecule has 1 N–H and O–H groups in total. The first-order chi connectivity index (χ1) is 14.1. The first-order valence-corrected chi connectivity index (χ1v) is 10.0. The number of nitrogens with one attached hydrogen (secondary N) is 1. The van der Waals surface area contributed by atoms with Crippen LogP contribution in [0.3, 0.4) is 0 Å². The molecule has 1 heterocycles. The summed E-state index contributed by atoms with van der Waals surface area (Å²) in [5, 5.41) is 2.90. The Balaban J connectivity index is 1.43. The van der Waals surface area contributed by atoms with Crippen LogP contribution in [0.15, 0.2) is 71.8 Å². The molecule has 5 nitrogen and oxygen atoms in total. The molecule has 0 atom stereocenters. The van der Waals surface area contributed by atoms with Gasteiger partial charge in [0.25, 0.3) is 0 Å². The van der Waals surface area contributed by atoms with Crippen LogP contribution in [0.5, 0.6) is 17.4 Å². The summed E-state index contributed by atoms with van der Waals surface area (Å²) in [6.07, 6.45) is 2.03. The minimum atomic E-state index is -0.327. The standard InChI is InChI=1S/C22H21FN2O3S/c1-27-18-6-8-20(9-7-18)29-13-11-21(26)25-15-16-10-12-24-22(14-16)28-19-4-2-17(23)3-5-19/h2-10,12,14H,11,13,15H2,1H3,(H,25,26). The van der Waals surface area contributed by atoms with Gasteiger partial charge in [-0.2, -0.15) is 0 Å². The van der Waals surface area contributed by atoms with Gasteiger partial charge in [0.15, 0.2) is 0 Å². The molecule has 150 valence electrons. The van der Waals surface area contributed by atoms with Crippen molar-refractivity contribution in [3.63, 3.8) is 0 Å². The second kappa shape index (κ2) is 10.5. The van der Waals surface area contributed by atoms with Crippen molar-refractivity contribution >= 4 is 17.7 Å². The number of pyridine rings is 1. The fourth-order valence-electron chi connectivity index (χ4n) is 2.46. The van der Waals surface area contributed by atoms with Crippen LogP contribution >= 0.6 is 11.8 Å². The molecule has 3 rings (SSSR count). The summed E-state index contributed by atoms with van der Waals surface area (Å²) in [4.78, 5) is 17.3. The lowest BCUT2D eigenvalue weighted by Gasteiger charge is -2.08. The van der Waals surface area contributed by atoms with E-state index >= 15 is 0 Å². The Hall–Kier alpha value is -3.06. The number of hydrogen-bond donors (Lipinski definition) is 1. The Morgan fingerprint density at radius 1 is 1.07 bits per heavy atom. The number of ether oxygens (including phenoxy) is 2.